The molecule has 1 saturated carbocycles. The van der Waals surface area contributed by atoms with E-state index in [9.17, 15) is 13.6 Å². The van der Waals surface area contributed by atoms with E-state index >= 15 is 0 Å². The zero-order valence-electron chi connectivity index (χ0n) is 15.0. The van der Waals surface area contributed by atoms with E-state index < -0.39 is 23.2 Å². The summed E-state index contributed by atoms with van der Waals surface area (Å²) in [5, 5.41) is 0.357. The van der Waals surface area contributed by atoms with E-state index in [1.807, 2.05) is 0 Å². The molecule has 9 heteroatoms. The van der Waals surface area contributed by atoms with E-state index in [1.165, 1.54) is 24.9 Å². The average molecular weight is 396 g/mol. The van der Waals surface area contributed by atoms with Crippen LogP contribution in [-0.4, -0.2) is 41.5 Å². The van der Waals surface area contributed by atoms with Gasteiger partial charge in [-0.1, -0.05) is 11.8 Å². The van der Waals surface area contributed by atoms with Gasteiger partial charge in [-0.2, -0.15) is 4.98 Å². The second kappa shape index (κ2) is 7.67. The highest BCUT2D eigenvalue weighted by Gasteiger charge is 2.54. The number of halogens is 2. The maximum atomic E-state index is 13.8. The van der Waals surface area contributed by atoms with Gasteiger partial charge in [-0.3, -0.25) is 0 Å². The number of hydrogen-bond donors (Lipinski definition) is 0. The fourth-order valence-electron chi connectivity index (χ4n) is 2.54. The van der Waals surface area contributed by atoms with Gasteiger partial charge in [0.2, 0.25) is 11.5 Å². The number of hydrogen-bond acceptors (Lipinski definition) is 7. The minimum absolute atomic E-state index is 0.152. The highest BCUT2D eigenvalue weighted by Crippen LogP contribution is 2.42. The highest BCUT2D eigenvalue weighted by molar-refractivity contribution is 7.98. The molecule has 1 fully saturated rings. The molecule has 0 aliphatic heterocycles. The first-order valence-corrected chi connectivity index (χ1v) is 9.47. The number of nitrogens with zero attached hydrogens (tertiary/aromatic N) is 2. The summed E-state index contributed by atoms with van der Waals surface area (Å²) in [6, 6.07) is 3.47. The monoisotopic (exact) mass is 396 g/mol. The first-order valence-electron chi connectivity index (χ1n) is 8.25. The van der Waals surface area contributed by atoms with Crippen molar-refractivity contribution in [2.75, 3.05) is 20.0 Å². The van der Waals surface area contributed by atoms with Crippen molar-refractivity contribution in [1.29, 1.82) is 0 Å². The molecule has 0 spiro atoms. The van der Waals surface area contributed by atoms with Crippen molar-refractivity contribution in [3.63, 3.8) is 0 Å². The van der Waals surface area contributed by atoms with Crippen LogP contribution in [0.5, 0.6) is 11.6 Å². The molecule has 2 aromatic rings. The zero-order chi connectivity index (χ0) is 19.6. The first-order chi connectivity index (χ1) is 12.9. The molecule has 0 N–H and O–H groups in total. The third-order valence-electron chi connectivity index (χ3n) is 4.02. The summed E-state index contributed by atoms with van der Waals surface area (Å²) in [5.41, 5.74) is -0.485. The Balaban J connectivity index is 2.04. The molecular formula is C18H18F2N2O4S. The zero-order valence-corrected chi connectivity index (χ0v) is 15.9. The van der Waals surface area contributed by atoms with E-state index in [1.54, 1.807) is 13.2 Å². The Morgan fingerprint density at radius 2 is 1.93 bits per heavy atom. The van der Waals surface area contributed by atoms with Crippen LogP contribution in [0.3, 0.4) is 0 Å². The Morgan fingerprint density at radius 1 is 1.22 bits per heavy atom. The second-order valence-corrected chi connectivity index (χ2v) is 6.63. The van der Waals surface area contributed by atoms with E-state index in [0.717, 1.165) is 12.1 Å². The molecule has 144 valence electrons. The van der Waals surface area contributed by atoms with Crippen LogP contribution >= 0.6 is 11.8 Å². The van der Waals surface area contributed by atoms with Crippen LogP contribution in [0, 0.1) is 11.6 Å². The molecule has 1 heterocycles. The third kappa shape index (κ3) is 3.97. The molecule has 1 aromatic heterocycles. The lowest BCUT2D eigenvalue weighted by molar-refractivity contribution is -0.151. The third-order valence-corrected chi connectivity index (χ3v) is 4.57. The molecule has 0 radical (unpaired) electrons. The lowest BCUT2D eigenvalue weighted by atomic mass is 10.1. The largest absolute Gasteiger partial charge is 0.493 e. The van der Waals surface area contributed by atoms with Crippen molar-refractivity contribution in [2.24, 2.45) is 0 Å². The quantitative estimate of drug-likeness (QED) is 0.402. The summed E-state index contributed by atoms with van der Waals surface area (Å²) in [6.45, 7) is 2.01. The number of ether oxygens (including phenoxy) is 3. The van der Waals surface area contributed by atoms with Gasteiger partial charge in [0.1, 0.15) is 5.75 Å². The number of carbonyl (C=O) groups excluding carboxylic acids is 1. The van der Waals surface area contributed by atoms with Gasteiger partial charge in [0.05, 0.1) is 19.4 Å². The molecule has 0 atom stereocenters. The number of rotatable bonds is 7. The number of thioether (sulfide) groups is 1. The highest BCUT2D eigenvalue weighted by atomic mass is 32.2. The fraction of sp³-hybridized carbons (Fsp3) is 0.389. The molecule has 27 heavy (non-hydrogen) atoms. The SMILES string of the molecule is CCOc1cc(F)c(F)cc1-c1cc(OC2(C(=O)OC)CC2)nc(SC)n1. The number of esters is 1. The van der Waals surface area contributed by atoms with E-state index in [0.29, 0.717) is 23.7 Å². The van der Waals surface area contributed by atoms with Gasteiger partial charge in [0.25, 0.3) is 0 Å². The minimum Gasteiger partial charge on any atom is -0.493 e. The maximum absolute atomic E-state index is 13.8. The molecular weight excluding hydrogens is 378 g/mol. The van der Waals surface area contributed by atoms with Crippen molar-refractivity contribution >= 4 is 17.7 Å². The summed E-state index contributed by atoms with van der Waals surface area (Å²) in [5.74, 6) is -2.20. The van der Waals surface area contributed by atoms with E-state index in [2.05, 4.69) is 9.97 Å². The molecule has 0 bridgehead atoms. The summed E-state index contributed by atoms with van der Waals surface area (Å²) in [4.78, 5) is 20.5. The van der Waals surface area contributed by atoms with Crippen LogP contribution in [0.4, 0.5) is 8.78 Å². The van der Waals surface area contributed by atoms with Crippen LogP contribution in [-0.2, 0) is 9.53 Å². The standard InChI is InChI=1S/C18H18F2N2O4S/c1-4-25-14-8-12(20)11(19)7-10(14)13-9-15(22-17(21-13)27-3)26-18(5-6-18)16(23)24-2/h7-9H,4-6H2,1-3H3. The van der Waals surface area contributed by atoms with Crippen LogP contribution in [0.25, 0.3) is 11.3 Å². The van der Waals surface area contributed by atoms with Crippen molar-refractivity contribution in [2.45, 2.75) is 30.5 Å². The van der Waals surface area contributed by atoms with Gasteiger partial charge in [0.15, 0.2) is 16.8 Å². The number of methoxy groups -OCH3 is 1. The number of carbonyl (C=O) groups is 1. The van der Waals surface area contributed by atoms with Gasteiger partial charge in [-0.15, -0.1) is 0 Å². The number of aromatic nitrogens is 2. The molecule has 1 aliphatic carbocycles. The van der Waals surface area contributed by atoms with Gasteiger partial charge >= 0.3 is 5.97 Å². The Bertz CT molecular complexity index is 875. The topological polar surface area (TPSA) is 70.5 Å². The lowest BCUT2D eigenvalue weighted by Crippen LogP contribution is -2.31. The average Bonchev–Trinajstić information content (AvgIpc) is 3.44. The van der Waals surface area contributed by atoms with Gasteiger partial charge in [-0.25, -0.2) is 18.6 Å². The predicted octanol–water partition coefficient (Wildman–Crippen LogP) is 3.63. The smallest absolute Gasteiger partial charge is 0.350 e. The van der Waals surface area contributed by atoms with Crippen molar-refractivity contribution in [3.8, 4) is 22.9 Å². The van der Waals surface area contributed by atoms with Crippen LogP contribution in [0.15, 0.2) is 23.4 Å². The van der Waals surface area contributed by atoms with Crippen LogP contribution in [0.1, 0.15) is 19.8 Å². The van der Waals surface area contributed by atoms with Crippen molar-refractivity contribution in [1.82, 2.24) is 9.97 Å². The first kappa shape index (κ1) is 19.3. The minimum atomic E-state index is -1.05. The molecule has 1 aromatic carbocycles. The molecule has 6 nitrogen and oxygen atoms in total. The molecule has 3 rings (SSSR count). The maximum Gasteiger partial charge on any atom is 0.350 e. The van der Waals surface area contributed by atoms with E-state index in [-0.39, 0.29) is 23.8 Å². The summed E-state index contributed by atoms with van der Waals surface area (Å²) >= 11 is 1.25. The van der Waals surface area contributed by atoms with Crippen molar-refractivity contribution < 1.29 is 27.8 Å². The normalized spacial score (nSPS) is 14.6. The Labute approximate surface area is 159 Å². The fourth-order valence-corrected chi connectivity index (χ4v) is 2.91. The van der Waals surface area contributed by atoms with E-state index in [4.69, 9.17) is 14.2 Å². The Kier molecular flexibility index (Phi) is 5.50. The van der Waals surface area contributed by atoms with Gasteiger partial charge in [0, 0.05) is 30.5 Å². The Morgan fingerprint density at radius 3 is 2.52 bits per heavy atom. The predicted molar refractivity (Wildman–Crippen MR) is 94.9 cm³/mol. The van der Waals surface area contributed by atoms with Crippen LogP contribution < -0.4 is 9.47 Å². The summed E-state index contributed by atoms with van der Waals surface area (Å²) < 4.78 is 43.4. The Hall–Kier alpha value is -2.42. The summed E-state index contributed by atoms with van der Waals surface area (Å²) in [6.07, 6.45) is 2.80. The summed E-state index contributed by atoms with van der Waals surface area (Å²) in [7, 11) is 1.29. The molecule has 0 amide bonds. The van der Waals surface area contributed by atoms with Gasteiger partial charge in [-0.05, 0) is 19.2 Å². The van der Waals surface area contributed by atoms with Crippen LogP contribution in [0.2, 0.25) is 0 Å². The lowest BCUT2D eigenvalue weighted by Gasteiger charge is -2.16. The van der Waals surface area contributed by atoms with Gasteiger partial charge < -0.3 is 14.2 Å². The second-order valence-electron chi connectivity index (χ2n) is 5.86. The number of benzene rings is 1. The molecule has 0 unspecified atom stereocenters. The van der Waals surface area contributed by atoms with Crippen molar-refractivity contribution in [3.05, 3.63) is 29.8 Å². The molecule has 1 aliphatic rings. The molecule has 0 saturated heterocycles.